The first-order valence-electron chi connectivity index (χ1n) is 4.82. The third-order valence-electron chi connectivity index (χ3n) is 2.67. The van der Waals surface area contributed by atoms with Crippen molar-refractivity contribution in [3.05, 3.63) is 24.3 Å². The summed E-state index contributed by atoms with van der Waals surface area (Å²) in [6.07, 6.45) is 0. The average molecular weight is 207 g/mol. The summed E-state index contributed by atoms with van der Waals surface area (Å²) in [5.41, 5.74) is 1.05. The van der Waals surface area contributed by atoms with Gasteiger partial charge in [-0.2, -0.15) is 0 Å². The summed E-state index contributed by atoms with van der Waals surface area (Å²) in [4.78, 5) is 12.7. The van der Waals surface area contributed by atoms with E-state index in [0.29, 0.717) is 13.1 Å². The van der Waals surface area contributed by atoms with E-state index >= 15 is 0 Å². The quantitative estimate of drug-likeness (QED) is 0.809. The summed E-state index contributed by atoms with van der Waals surface area (Å²) < 4.78 is 5.05. The monoisotopic (exact) mass is 207 g/mol. The zero-order valence-corrected chi connectivity index (χ0v) is 8.51. The van der Waals surface area contributed by atoms with Gasteiger partial charge in [-0.15, -0.1) is 0 Å². The van der Waals surface area contributed by atoms with E-state index in [0.717, 1.165) is 11.4 Å². The van der Waals surface area contributed by atoms with E-state index in [-0.39, 0.29) is 5.92 Å². The Morgan fingerprint density at radius 3 is 2.47 bits per heavy atom. The van der Waals surface area contributed by atoms with E-state index in [1.807, 2.05) is 29.2 Å². The molecule has 1 aliphatic heterocycles. The second-order valence-corrected chi connectivity index (χ2v) is 3.64. The molecule has 2 rings (SSSR count). The third kappa shape index (κ3) is 1.88. The highest BCUT2D eigenvalue weighted by Gasteiger charge is 2.32. The van der Waals surface area contributed by atoms with E-state index < -0.39 is 5.97 Å². The number of hydrogen-bond acceptors (Lipinski definition) is 3. The summed E-state index contributed by atoms with van der Waals surface area (Å²) in [6.45, 7) is 1.20. The number of nitrogens with zero attached hydrogens (tertiary/aromatic N) is 1. The molecule has 0 saturated carbocycles. The molecule has 4 heteroatoms. The van der Waals surface area contributed by atoms with E-state index in [1.165, 1.54) is 0 Å². The van der Waals surface area contributed by atoms with Gasteiger partial charge < -0.3 is 14.7 Å². The second-order valence-electron chi connectivity index (χ2n) is 3.64. The van der Waals surface area contributed by atoms with Gasteiger partial charge in [0.25, 0.3) is 0 Å². The van der Waals surface area contributed by atoms with Crippen molar-refractivity contribution in [2.75, 3.05) is 25.1 Å². The van der Waals surface area contributed by atoms with Gasteiger partial charge in [-0.3, -0.25) is 4.79 Å². The minimum atomic E-state index is -0.709. The molecule has 15 heavy (non-hydrogen) atoms. The third-order valence-corrected chi connectivity index (χ3v) is 2.67. The maximum atomic E-state index is 10.6. The Balaban J connectivity index is 1.98. The van der Waals surface area contributed by atoms with Crippen LogP contribution < -0.4 is 9.64 Å². The van der Waals surface area contributed by atoms with E-state index in [9.17, 15) is 4.79 Å². The fourth-order valence-corrected chi connectivity index (χ4v) is 1.64. The highest BCUT2D eigenvalue weighted by molar-refractivity contribution is 5.74. The molecule has 0 unspecified atom stereocenters. The van der Waals surface area contributed by atoms with Crippen LogP contribution in [0.5, 0.6) is 5.75 Å². The first-order valence-corrected chi connectivity index (χ1v) is 4.82. The maximum Gasteiger partial charge on any atom is 0.310 e. The fraction of sp³-hybridized carbons (Fsp3) is 0.364. The lowest BCUT2D eigenvalue weighted by atomic mass is 10.00. The van der Waals surface area contributed by atoms with Gasteiger partial charge in [0, 0.05) is 18.8 Å². The Hall–Kier alpha value is -1.71. The molecule has 0 atom stereocenters. The lowest BCUT2D eigenvalue weighted by molar-refractivity contribution is -0.142. The molecule has 1 N–H and O–H groups in total. The molecule has 1 aromatic carbocycles. The summed E-state index contributed by atoms with van der Waals surface area (Å²) in [5.74, 6) is -0.110. The SMILES string of the molecule is COc1ccc(N2CC(C(=O)O)C2)cc1. The van der Waals surface area contributed by atoms with Crippen LogP contribution in [0.15, 0.2) is 24.3 Å². The molecule has 0 bridgehead atoms. The molecule has 1 saturated heterocycles. The van der Waals surface area contributed by atoms with Crippen LogP contribution in [0.2, 0.25) is 0 Å². The van der Waals surface area contributed by atoms with Gasteiger partial charge in [-0.05, 0) is 24.3 Å². The smallest absolute Gasteiger partial charge is 0.310 e. The number of rotatable bonds is 3. The van der Waals surface area contributed by atoms with E-state index in [4.69, 9.17) is 9.84 Å². The van der Waals surface area contributed by atoms with Crippen LogP contribution in [-0.2, 0) is 4.79 Å². The Labute approximate surface area is 88.1 Å². The number of ether oxygens (including phenoxy) is 1. The van der Waals surface area contributed by atoms with Crippen molar-refractivity contribution in [3.63, 3.8) is 0 Å². The van der Waals surface area contributed by atoms with Gasteiger partial charge in [0.15, 0.2) is 0 Å². The Bertz CT molecular complexity index is 355. The van der Waals surface area contributed by atoms with Crippen LogP contribution in [0.25, 0.3) is 0 Å². The van der Waals surface area contributed by atoms with Crippen LogP contribution >= 0.6 is 0 Å². The molecule has 0 aliphatic carbocycles. The van der Waals surface area contributed by atoms with E-state index in [2.05, 4.69) is 0 Å². The van der Waals surface area contributed by atoms with Crippen LogP contribution in [0, 0.1) is 5.92 Å². The highest BCUT2D eigenvalue weighted by Crippen LogP contribution is 2.26. The molecule has 1 heterocycles. The minimum Gasteiger partial charge on any atom is -0.497 e. The summed E-state index contributed by atoms with van der Waals surface area (Å²) in [7, 11) is 1.62. The fourth-order valence-electron chi connectivity index (χ4n) is 1.64. The van der Waals surface area contributed by atoms with E-state index in [1.54, 1.807) is 7.11 Å². The van der Waals surface area contributed by atoms with Gasteiger partial charge in [0.1, 0.15) is 5.75 Å². The normalized spacial score (nSPS) is 15.9. The maximum absolute atomic E-state index is 10.6. The van der Waals surface area contributed by atoms with Crippen molar-refractivity contribution >= 4 is 11.7 Å². The number of carbonyl (C=O) groups is 1. The van der Waals surface area contributed by atoms with Gasteiger partial charge in [0.2, 0.25) is 0 Å². The van der Waals surface area contributed by atoms with Crippen LogP contribution in [0.4, 0.5) is 5.69 Å². The van der Waals surface area contributed by atoms with Crippen molar-refractivity contribution < 1.29 is 14.6 Å². The second kappa shape index (κ2) is 3.81. The first kappa shape index (κ1) is 9.83. The van der Waals surface area contributed by atoms with Crippen LogP contribution in [0.1, 0.15) is 0 Å². The molecular weight excluding hydrogens is 194 g/mol. The van der Waals surface area contributed by atoms with Gasteiger partial charge in [-0.25, -0.2) is 0 Å². The molecule has 4 nitrogen and oxygen atoms in total. The molecule has 0 amide bonds. The molecule has 1 aromatic rings. The Kier molecular flexibility index (Phi) is 2.49. The van der Waals surface area contributed by atoms with Crippen molar-refractivity contribution in [2.45, 2.75) is 0 Å². The molecule has 0 aromatic heterocycles. The number of benzene rings is 1. The average Bonchev–Trinajstić information content (AvgIpc) is 2.16. The lowest BCUT2D eigenvalue weighted by Crippen LogP contribution is -2.50. The van der Waals surface area contributed by atoms with Crippen molar-refractivity contribution in [1.29, 1.82) is 0 Å². The van der Waals surface area contributed by atoms with Gasteiger partial charge >= 0.3 is 5.97 Å². The van der Waals surface area contributed by atoms with Gasteiger partial charge in [0.05, 0.1) is 13.0 Å². The lowest BCUT2D eigenvalue weighted by Gasteiger charge is -2.38. The number of aliphatic carboxylic acids is 1. The largest absolute Gasteiger partial charge is 0.497 e. The Morgan fingerprint density at radius 1 is 1.40 bits per heavy atom. The number of carboxylic acids is 1. The number of carboxylic acid groups (broad SMARTS) is 1. The summed E-state index contributed by atoms with van der Waals surface area (Å²) >= 11 is 0. The van der Waals surface area contributed by atoms with Gasteiger partial charge in [-0.1, -0.05) is 0 Å². The van der Waals surface area contributed by atoms with Crippen LogP contribution in [-0.4, -0.2) is 31.3 Å². The molecule has 1 aliphatic rings. The Morgan fingerprint density at radius 2 is 2.00 bits per heavy atom. The molecule has 1 fully saturated rings. The minimum absolute atomic E-state index is 0.216. The van der Waals surface area contributed by atoms with Crippen molar-refractivity contribution in [1.82, 2.24) is 0 Å². The summed E-state index contributed by atoms with van der Waals surface area (Å²) in [6, 6.07) is 7.64. The highest BCUT2D eigenvalue weighted by atomic mass is 16.5. The zero-order chi connectivity index (χ0) is 10.8. The number of hydrogen-bond donors (Lipinski definition) is 1. The topological polar surface area (TPSA) is 49.8 Å². The van der Waals surface area contributed by atoms with Crippen molar-refractivity contribution in [3.8, 4) is 5.75 Å². The predicted molar refractivity (Wildman–Crippen MR) is 56.3 cm³/mol. The van der Waals surface area contributed by atoms with Crippen LogP contribution in [0.3, 0.4) is 0 Å². The standard InChI is InChI=1S/C11H13NO3/c1-15-10-4-2-9(3-5-10)12-6-8(7-12)11(13)14/h2-5,8H,6-7H2,1H3,(H,13,14). The summed E-state index contributed by atoms with van der Waals surface area (Å²) in [5, 5.41) is 8.73. The molecule has 0 radical (unpaired) electrons. The zero-order valence-electron chi connectivity index (χ0n) is 8.51. The molecule has 0 spiro atoms. The molecular formula is C11H13NO3. The number of anilines is 1. The first-order chi connectivity index (χ1) is 7.20. The molecule has 80 valence electrons. The predicted octanol–water partition coefficient (Wildman–Crippen LogP) is 1.22. The van der Waals surface area contributed by atoms with Crippen molar-refractivity contribution in [2.24, 2.45) is 5.92 Å². The number of methoxy groups -OCH3 is 1.